The number of anilines is 2. The molecule has 8 heteroatoms. The molecule has 0 radical (unpaired) electrons. The van der Waals surface area contributed by atoms with Gasteiger partial charge in [-0.05, 0) is 17.7 Å². The van der Waals surface area contributed by atoms with E-state index >= 15 is 0 Å². The third kappa shape index (κ3) is 3.75. The minimum Gasteiger partial charge on any atom is -0.332 e. The molecule has 0 aliphatic rings. The molecule has 1 aromatic carbocycles. The van der Waals surface area contributed by atoms with Crippen molar-refractivity contribution < 1.29 is 13.2 Å². The maximum Gasteiger partial charge on any atom is 0.434 e. The fourth-order valence-corrected chi connectivity index (χ4v) is 2.51. The van der Waals surface area contributed by atoms with Gasteiger partial charge >= 0.3 is 6.18 Å². The molecule has 1 aromatic heterocycles. The van der Waals surface area contributed by atoms with Gasteiger partial charge in [0.1, 0.15) is 0 Å². The Morgan fingerprint density at radius 1 is 1.32 bits per heavy atom. The zero-order valence-corrected chi connectivity index (χ0v) is 12.4. The summed E-state index contributed by atoms with van der Waals surface area (Å²) in [5.41, 5.74) is 6.25. The largest absolute Gasteiger partial charge is 0.434 e. The topological polar surface area (TPSA) is 74.7 Å². The van der Waals surface area contributed by atoms with Gasteiger partial charge < -0.3 is 11.1 Å². The lowest BCUT2D eigenvalue weighted by Gasteiger charge is -2.14. The number of halogens is 3. The molecule has 0 fully saturated rings. The van der Waals surface area contributed by atoms with Gasteiger partial charge in [-0.25, -0.2) is 4.98 Å². The third-order valence-corrected chi connectivity index (χ3v) is 3.93. The van der Waals surface area contributed by atoms with E-state index in [4.69, 9.17) is 11.0 Å². The van der Waals surface area contributed by atoms with Gasteiger partial charge in [0.25, 0.3) is 0 Å². The predicted molar refractivity (Wildman–Crippen MR) is 78.8 cm³/mol. The summed E-state index contributed by atoms with van der Waals surface area (Å²) in [4.78, 5) is 3.50. The van der Waals surface area contributed by atoms with Gasteiger partial charge in [0.05, 0.1) is 12.1 Å². The number of rotatable bonds is 4. The lowest BCUT2D eigenvalue weighted by atomic mass is 9.95. The first-order chi connectivity index (χ1) is 10.3. The summed E-state index contributed by atoms with van der Waals surface area (Å²) in [6.07, 6.45) is -4.44. The molecule has 2 unspecified atom stereocenters. The van der Waals surface area contributed by atoms with Gasteiger partial charge in [-0.15, -0.1) is 11.3 Å². The average molecular weight is 326 g/mol. The Labute approximate surface area is 129 Å². The molecule has 116 valence electrons. The predicted octanol–water partition coefficient (Wildman–Crippen LogP) is 3.86. The van der Waals surface area contributed by atoms with Crippen LogP contribution in [0.5, 0.6) is 0 Å². The first kappa shape index (κ1) is 16.3. The number of nitriles is 1. The minimum atomic E-state index is -4.44. The first-order valence-corrected chi connectivity index (χ1v) is 7.24. The minimum absolute atomic E-state index is 0.129. The van der Waals surface area contributed by atoms with Crippen LogP contribution >= 0.6 is 11.3 Å². The quantitative estimate of drug-likeness (QED) is 0.894. The van der Waals surface area contributed by atoms with Crippen molar-refractivity contribution in [1.82, 2.24) is 4.98 Å². The molecule has 0 bridgehead atoms. The molecular formula is C14H13F3N4S. The molecule has 0 amide bonds. The summed E-state index contributed by atoms with van der Waals surface area (Å²) in [5.74, 6) is -0.129. The highest BCUT2D eigenvalue weighted by Gasteiger charge is 2.33. The molecule has 0 spiro atoms. The van der Waals surface area contributed by atoms with Crippen molar-refractivity contribution in [3.63, 3.8) is 0 Å². The van der Waals surface area contributed by atoms with Crippen LogP contribution in [0.4, 0.5) is 24.0 Å². The molecule has 2 aromatic rings. The van der Waals surface area contributed by atoms with Crippen molar-refractivity contribution in [1.29, 1.82) is 5.26 Å². The number of nitrogens with one attached hydrogen (secondary N) is 1. The van der Waals surface area contributed by atoms with Gasteiger partial charge in [0, 0.05) is 17.0 Å². The maximum absolute atomic E-state index is 12.5. The monoisotopic (exact) mass is 326 g/mol. The Balaban J connectivity index is 2.09. The summed E-state index contributed by atoms with van der Waals surface area (Å²) in [6.45, 7) is 1.84. The summed E-state index contributed by atoms with van der Waals surface area (Å²) in [6, 6.07) is 8.36. The zero-order valence-electron chi connectivity index (χ0n) is 11.6. The smallest absolute Gasteiger partial charge is 0.332 e. The first-order valence-electron chi connectivity index (χ1n) is 6.36. The second kappa shape index (κ2) is 6.34. The van der Waals surface area contributed by atoms with E-state index < -0.39 is 17.9 Å². The summed E-state index contributed by atoms with van der Waals surface area (Å²) < 4.78 is 37.4. The number of alkyl halides is 3. The molecule has 0 aliphatic heterocycles. The van der Waals surface area contributed by atoms with Crippen LogP contribution in [-0.2, 0) is 6.18 Å². The van der Waals surface area contributed by atoms with Crippen LogP contribution in [-0.4, -0.2) is 11.0 Å². The highest BCUT2D eigenvalue weighted by molar-refractivity contribution is 7.13. The maximum atomic E-state index is 12.5. The Hall–Kier alpha value is -2.11. The number of hydrogen-bond donors (Lipinski definition) is 2. The second-order valence-corrected chi connectivity index (χ2v) is 5.58. The highest BCUT2D eigenvalue weighted by Crippen LogP contribution is 2.32. The summed E-state index contributed by atoms with van der Waals surface area (Å²) >= 11 is 0.885. The normalized spacial score (nSPS) is 14.2. The van der Waals surface area contributed by atoms with Gasteiger partial charge in [0.15, 0.2) is 10.8 Å². The van der Waals surface area contributed by atoms with Crippen molar-refractivity contribution >= 4 is 22.2 Å². The molecule has 0 saturated carbocycles. The van der Waals surface area contributed by atoms with Crippen LogP contribution in [0, 0.1) is 11.3 Å². The summed E-state index contributed by atoms with van der Waals surface area (Å²) in [7, 11) is 0. The van der Waals surface area contributed by atoms with Gasteiger partial charge in [-0.1, -0.05) is 19.1 Å². The molecule has 4 nitrogen and oxygen atoms in total. The Bertz CT molecular complexity index is 673. The number of nitrogens with two attached hydrogens (primary N) is 1. The van der Waals surface area contributed by atoms with Crippen molar-refractivity contribution in [2.24, 2.45) is 5.73 Å². The van der Waals surface area contributed by atoms with Crippen LogP contribution in [0.2, 0.25) is 0 Å². The van der Waals surface area contributed by atoms with E-state index in [9.17, 15) is 13.2 Å². The Morgan fingerprint density at radius 3 is 2.45 bits per heavy atom. The van der Waals surface area contributed by atoms with Crippen LogP contribution in [0.1, 0.15) is 24.1 Å². The molecular weight excluding hydrogens is 313 g/mol. The Morgan fingerprint density at radius 2 is 1.95 bits per heavy atom. The highest BCUT2D eigenvalue weighted by atomic mass is 32.1. The fraction of sp³-hybridized carbons (Fsp3) is 0.286. The molecule has 3 N–H and O–H groups in total. The van der Waals surface area contributed by atoms with E-state index in [1.807, 2.05) is 13.0 Å². The number of thiazole rings is 1. The van der Waals surface area contributed by atoms with E-state index in [2.05, 4.69) is 10.3 Å². The molecule has 2 rings (SSSR count). The Kier molecular flexibility index (Phi) is 4.68. The number of hydrogen-bond acceptors (Lipinski definition) is 5. The van der Waals surface area contributed by atoms with E-state index in [1.54, 1.807) is 24.3 Å². The van der Waals surface area contributed by atoms with Crippen LogP contribution in [0.25, 0.3) is 0 Å². The molecule has 1 heterocycles. The third-order valence-electron chi connectivity index (χ3n) is 3.17. The van der Waals surface area contributed by atoms with Gasteiger partial charge in [0.2, 0.25) is 0 Å². The average Bonchev–Trinajstić information content (AvgIpc) is 2.95. The SMILES string of the molecule is CC(c1ccc(Nc2nc(C(F)(F)F)cs2)cc1)C(N)C#N. The van der Waals surface area contributed by atoms with Gasteiger partial charge in [-0.3, -0.25) is 0 Å². The number of benzene rings is 1. The summed E-state index contributed by atoms with van der Waals surface area (Å²) in [5, 5.41) is 12.7. The molecule has 0 aliphatic carbocycles. The van der Waals surface area contributed by atoms with Crippen LogP contribution in [0.15, 0.2) is 29.6 Å². The molecule has 2 atom stereocenters. The van der Waals surface area contributed by atoms with Gasteiger partial charge in [-0.2, -0.15) is 18.4 Å². The van der Waals surface area contributed by atoms with Crippen molar-refractivity contribution in [2.45, 2.75) is 25.1 Å². The van der Waals surface area contributed by atoms with E-state index in [1.165, 1.54) is 0 Å². The van der Waals surface area contributed by atoms with Crippen molar-refractivity contribution in [3.05, 3.63) is 40.9 Å². The van der Waals surface area contributed by atoms with Crippen molar-refractivity contribution in [3.8, 4) is 6.07 Å². The lowest BCUT2D eigenvalue weighted by Crippen LogP contribution is -2.24. The second-order valence-electron chi connectivity index (χ2n) is 4.73. The van der Waals surface area contributed by atoms with E-state index in [0.717, 1.165) is 22.3 Å². The lowest BCUT2D eigenvalue weighted by molar-refractivity contribution is -0.140. The van der Waals surface area contributed by atoms with Crippen molar-refractivity contribution in [2.75, 3.05) is 5.32 Å². The number of aromatic nitrogens is 1. The standard InChI is InChI=1S/C14H13F3N4S/c1-8(11(19)6-18)9-2-4-10(5-3-9)20-13-21-12(7-22-13)14(15,16)17/h2-5,7-8,11H,19H2,1H3,(H,20,21). The zero-order chi connectivity index (χ0) is 16.3. The van der Waals surface area contributed by atoms with E-state index in [-0.39, 0.29) is 11.0 Å². The molecule has 0 saturated heterocycles. The fourth-order valence-electron chi connectivity index (χ4n) is 1.77. The molecule has 22 heavy (non-hydrogen) atoms. The number of nitrogens with zero attached hydrogens (tertiary/aromatic N) is 2. The van der Waals surface area contributed by atoms with Crippen LogP contribution < -0.4 is 11.1 Å². The van der Waals surface area contributed by atoms with E-state index in [0.29, 0.717) is 5.69 Å². The van der Waals surface area contributed by atoms with Crippen LogP contribution in [0.3, 0.4) is 0 Å².